The molecule has 9 nitrogen and oxygen atoms in total. The molecule has 0 aliphatic rings. The van der Waals surface area contributed by atoms with Gasteiger partial charge in [0, 0.05) is 17.5 Å². The molecule has 0 aliphatic heterocycles. The number of nitrogens with two attached hydrogens (primary N) is 1. The van der Waals surface area contributed by atoms with Crippen LogP contribution in [0.3, 0.4) is 0 Å². The number of carbonyl (C=O) groups is 3. The molecule has 0 fully saturated rings. The van der Waals surface area contributed by atoms with Crippen molar-refractivity contribution in [2.24, 2.45) is 5.73 Å². The first kappa shape index (κ1) is 35.2. The Morgan fingerprint density at radius 1 is 0.792 bits per heavy atom. The molecule has 0 spiro atoms. The van der Waals surface area contributed by atoms with Gasteiger partial charge in [-0.05, 0) is 65.6 Å². The van der Waals surface area contributed by atoms with E-state index in [1.54, 1.807) is 12.2 Å². The van der Waals surface area contributed by atoms with Crippen LogP contribution in [0.15, 0.2) is 122 Å². The van der Waals surface area contributed by atoms with Gasteiger partial charge in [0.25, 0.3) is 5.91 Å². The molecule has 0 unspecified atom stereocenters. The number of unbranched alkanes of at least 4 members (excludes halogenated alkanes) is 1. The highest BCUT2D eigenvalue weighted by Gasteiger charge is 2.20. The molecule has 0 saturated heterocycles. The van der Waals surface area contributed by atoms with Crippen molar-refractivity contribution < 1.29 is 28.6 Å². The molecule has 0 heterocycles. The van der Waals surface area contributed by atoms with Crippen LogP contribution < -0.4 is 25.8 Å². The Labute approximate surface area is 280 Å². The van der Waals surface area contributed by atoms with Crippen LogP contribution in [0.4, 0.5) is 0 Å². The molecule has 0 atom stereocenters. The van der Waals surface area contributed by atoms with Gasteiger partial charge in [-0.2, -0.15) is 0 Å². The van der Waals surface area contributed by atoms with Crippen molar-refractivity contribution in [3.8, 4) is 22.6 Å². The number of ether oxygens (including phenoxy) is 3. The minimum atomic E-state index is -0.746. The van der Waals surface area contributed by atoms with E-state index in [-0.39, 0.29) is 30.3 Å². The number of amides is 2. The Hall–Kier alpha value is -5.67. The van der Waals surface area contributed by atoms with Gasteiger partial charge in [-0.25, -0.2) is 4.79 Å². The number of rotatable bonds is 17. The fourth-order valence-electron chi connectivity index (χ4n) is 5.18. The van der Waals surface area contributed by atoms with Gasteiger partial charge in [0.05, 0.1) is 13.7 Å². The third kappa shape index (κ3) is 8.98. The Bertz CT molecular complexity index is 1860. The summed E-state index contributed by atoms with van der Waals surface area (Å²) in [4.78, 5) is 38.1. The highest BCUT2D eigenvalue weighted by molar-refractivity contribution is 6.09. The van der Waals surface area contributed by atoms with Crippen molar-refractivity contribution in [2.45, 2.75) is 25.7 Å². The summed E-state index contributed by atoms with van der Waals surface area (Å²) in [6.45, 7) is 8.36. The molecular formula is C39H41N3O6. The van der Waals surface area contributed by atoms with Crippen molar-refractivity contribution in [1.29, 1.82) is 0 Å². The van der Waals surface area contributed by atoms with E-state index in [4.69, 9.17) is 19.9 Å². The van der Waals surface area contributed by atoms with Crippen molar-refractivity contribution in [2.75, 3.05) is 26.9 Å². The van der Waals surface area contributed by atoms with Crippen LogP contribution in [-0.2, 0) is 19.1 Å². The molecular weight excluding hydrogens is 606 g/mol. The summed E-state index contributed by atoms with van der Waals surface area (Å²) >= 11 is 0. The number of carbonyl (C=O) groups excluding carboxylic acids is 3. The molecule has 0 saturated carbocycles. The summed E-state index contributed by atoms with van der Waals surface area (Å²) in [7, 11) is 1.20. The van der Waals surface area contributed by atoms with Crippen molar-refractivity contribution in [3.05, 3.63) is 122 Å². The molecule has 4 aromatic carbocycles. The average Bonchev–Trinajstić information content (AvgIpc) is 3.11. The minimum Gasteiger partial charge on any atom is -0.493 e. The highest BCUT2D eigenvalue weighted by Crippen LogP contribution is 2.45. The molecule has 0 radical (unpaired) electrons. The zero-order chi connectivity index (χ0) is 34.3. The molecule has 0 bridgehead atoms. The van der Waals surface area contributed by atoms with Gasteiger partial charge >= 0.3 is 5.97 Å². The lowest BCUT2D eigenvalue weighted by Gasteiger charge is -2.19. The van der Waals surface area contributed by atoms with E-state index in [2.05, 4.69) is 48.1 Å². The molecule has 0 aromatic heterocycles. The maximum Gasteiger partial charge on any atom is 0.354 e. The Morgan fingerprint density at radius 3 is 2.00 bits per heavy atom. The van der Waals surface area contributed by atoms with Crippen molar-refractivity contribution in [3.63, 3.8) is 0 Å². The topological polar surface area (TPSA) is 129 Å². The quantitative estimate of drug-likeness (QED) is 0.0393. The largest absolute Gasteiger partial charge is 0.493 e. The minimum absolute atomic E-state index is 0.00746. The summed E-state index contributed by atoms with van der Waals surface area (Å²) in [5, 5.41) is 9.28. The summed E-state index contributed by atoms with van der Waals surface area (Å²) < 4.78 is 17.2. The number of allylic oxidation sites excluding steroid dienone is 3. The predicted octanol–water partition coefficient (Wildman–Crippen LogP) is 6.48. The Balaban J connectivity index is 1.54. The second-order valence-electron chi connectivity index (χ2n) is 10.7. The lowest BCUT2D eigenvalue weighted by molar-refractivity contribution is -0.137. The molecule has 4 aromatic rings. The molecule has 4 rings (SSSR count). The van der Waals surface area contributed by atoms with E-state index in [1.807, 2.05) is 48.5 Å². The smallest absolute Gasteiger partial charge is 0.354 e. The SMILES string of the molecule is C=C/C=C(/NC(=O)/C(=C/CCCN)NC(=O)CCCOc1ccc2ccccc2c1-c1c(OCC=C)ccc2ccccc12)C(=O)OC. The maximum atomic E-state index is 13.0. The maximum absolute atomic E-state index is 13.0. The number of benzene rings is 4. The summed E-state index contributed by atoms with van der Waals surface area (Å²) in [6.07, 6.45) is 7.47. The standard InChI is InChI=1S/C39H41N3O6/c1-4-13-32(39(45)46-3)42-38(44)31(18-10-11-24-40)41-35(43)19-12-26-48-34-23-21-28-15-7-9-17-30(28)37(34)36-29-16-8-6-14-27(29)20-22-33(36)47-25-5-2/h4-9,13-18,20-23H,1-2,10-12,19,24-26,40H2,3H3,(H,41,43)(H,42,44)/b31-18-,32-13+. The van der Waals surface area contributed by atoms with Gasteiger partial charge in [-0.1, -0.05) is 92.0 Å². The molecule has 4 N–H and O–H groups in total. The highest BCUT2D eigenvalue weighted by atomic mass is 16.5. The molecule has 48 heavy (non-hydrogen) atoms. The van der Waals surface area contributed by atoms with Crippen LogP contribution in [-0.4, -0.2) is 44.7 Å². The fourth-order valence-corrected chi connectivity index (χ4v) is 5.18. The normalized spacial score (nSPS) is 11.5. The zero-order valence-electron chi connectivity index (χ0n) is 27.1. The number of hydrogen-bond donors (Lipinski definition) is 3. The van der Waals surface area contributed by atoms with E-state index in [1.165, 1.54) is 19.3 Å². The monoisotopic (exact) mass is 647 g/mol. The van der Waals surface area contributed by atoms with Crippen LogP contribution in [0.2, 0.25) is 0 Å². The predicted molar refractivity (Wildman–Crippen MR) is 190 cm³/mol. The Kier molecular flexibility index (Phi) is 13.1. The van der Waals surface area contributed by atoms with Crippen molar-refractivity contribution >= 4 is 39.3 Å². The number of methoxy groups -OCH3 is 1. The molecule has 0 aliphatic carbocycles. The average molecular weight is 648 g/mol. The third-order valence-electron chi connectivity index (χ3n) is 7.41. The van der Waals surface area contributed by atoms with Gasteiger partial charge < -0.3 is 30.6 Å². The van der Waals surface area contributed by atoms with Gasteiger partial charge in [0.15, 0.2) is 0 Å². The van der Waals surface area contributed by atoms with E-state index < -0.39 is 11.9 Å². The summed E-state index contributed by atoms with van der Waals surface area (Å²) in [5.74, 6) is -0.433. The summed E-state index contributed by atoms with van der Waals surface area (Å²) in [5.41, 5.74) is 7.31. The number of esters is 1. The van der Waals surface area contributed by atoms with E-state index in [9.17, 15) is 14.4 Å². The lowest BCUT2D eigenvalue weighted by atomic mass is 9.92. The van der Waals surface area contributed by atoms with Gasteiger partial charge in [-0.15, -0.1) is 0 Å². The lowest BCUT2D eigenvalue weighted by Crippen LogP contribution is -2.36. The van der Waals surface area contributed by atoms with Gasteiger partial charge in [0.1, 0.15) is 29.5 Å². The molecule has 2 amide bonds. The van der Waals surface area contributed by atoms with Crippen molar-refractivity contribution in [1.82, 2.24) is 10.6 Å². The van der Waals surface area contributed by atoms with E-state index in [0.717, 1.165) is 32.7 Å². The molecule has 9 heteroatoms. The first-order chi connectivity index (χ1) is 23.4. The number of hydrogen-bond acceptors (Lipinski definition) is 7. The van der Waals surface area contributed by atoms with E-state index in [0.29, 0.717) is 43.9 Å². The van der Waals surface area contributed by atoms with Gasteiger partial charge in [0.2, 0.25) is 5.91 Å². The fraction of sp³-hybridized carbons (Fsp3) is 0.205. The molecule has 248 valence electrons. The van der Waals surface area contributed by atoms with Crippen LogP contribution in [0, 0.1) is 0 Å². The zero-order valence-corrected chi connectivity index (χ0v) is 27.1. The number of nitrogens with one attached hydrogen (secondary N) is 2. The Morgan fingerprint density at radius 2 is 1.42 bits per heavy atom. The third-order valence-corrected chi connectivity index (χ3v) is 7.41. The van der Waals surface area contributed by atoms with Crippen LogP contribution >= 0.6 is 0 Å². The second-order valence-corrected chi connectivity index (χ2v) is 10.7. The summed E-state index contributed by atoms with van der Waals surface area (Å²) in [6, 6.07) is 24.2. The number of fused-ring (bicyclic) bond motifs is 2. The second kappa shape index (κ2) is 17.9. The van der Waals surface area contributed by atoms with Crippen LogP contribution in [0.5, 0.6) is 11.5 Å². The first-order valence-electron chi connectivity index (χ1n) is 15.7. The van der Waals surface area contributed by atoms with E-state index >= 15 is 0 Å². The first-order valence-corrected chi connectivity index (χ1v) is 15.7. The van der Waals surface area contributed by atoms with Gasteiger partial charge in [-0.3, -0.25) is 9.59 Å². The van der Waals surface area contributed by atoms with Crippen LogP contribution in [0.1, 0.15) is 25.7 Å². The van der Waals surface area contributed by atoms with Crippen LogP contribution in [0.25, 0.3) is 32.7 Å².